The van der Waals surface area contributed by atoms with E-state index in [9.17, 15) is 22.8 Å². The quantitative estimate of drug-likeness (QED) is 0.717. The van der Waals surface area contributed by atoms with Crippen LogP contribution in [-0.4, -0.2) is 85.6 Å². The highest BCUT2D eigenvalue weighted by atomic mass is 19.4. The molecule has 1 saturated carbocycles. The molecular weight excluding hydrogens is 367 g/mol. The summed E-state index contributed by atoms with van der Waals surface area (Å²) in [5, 5.41) is 11.4. The molecule has 156 valence electrons. The molecule has 1 heterocycles. The van der Waals surface area contributed by atoms with Crippen LogP contribution in [0.15, 0.2) is 0 Å². The predicted molar refractivity (Wildman–Crippen MR) is 91.3 cm³/mol. The fourth-order valence-corrected chi connectivity index (χ4v) is 3.87. The van der Waals surface area contributed by atoms with E-state index < -0.39 is 30.0 Å². The number of nitrogens with one attached hydrogen (secondary N) is 1. The lowest BCUT2D eigenvalue weighted by Gasteiger charge is -2.36. The number of rotatable bonds is 6. The fourth-order valence-electron chi connectivity index (χ4n) is 3.87. The van der Waals surface area contributed by atoms with Gasteiger partial charge < -0.3 is 20.1 Å². The number of carbonyl (C=O) groups is 2. The van der Waals surface area contributed by atoms with Gasteiger partial charge in [-0.15, -0.1) is 0 Å². The van der Waals surface area contributed by atoms with Gasteiger partial charge in [-0.2, -0.15) is 13.2 Å². The van der Waals surface area contributed by atoms with Crippen LogP contribution in [0.25, 0.3) is 0 Å². The van der Waals surface area contributed by atoms with E-state index in [0.717, 1.165) is 6.42 Å². The number of likely N-dealkylation sites (N-methyl/N-ethyl adjacent to an activating group) is 1. The number of aliphatic carboxylic acids is 1. The van der Waals surface area contributed by atoms with Gasteiger partial charge in [0, 0.05) is 26.2 Å². The lowest BCUT2D eigenvalue weighted by Crippen LogP contribution is -2.53. The van der Waals surface area contributed by atoms with Crippen LogP contribution in [0.1, 0.15) is 25.7 Å². The van der Waals surface area contributed by atoms with Gasteiger partial charge in [-0.1, -0.05) is 12.8 Å². The number of ether oxygens (including phenoxy) is 1. The number of carbonyl (C=O) groups excluding carboxylic acids is 1. The van der Waals surface area contributed by atoms with Gasteiger partial charge in [-0.3, -0.25) is 9.69 Å². The second kappa shape index (κ2) is 9.59. The summed E-state index contributed by atoms with van der Waals surface area (Å²) >= 11 is 0. The number of carboxylic acid groups (broad SMARTS) is 1. The van der Waals surface area contributed by atoms with Crippen molar-refractivity contribution in [3.63, 3.8) is 0 Å². The average Bonchev–Trinajstić information content (AvgIpc) is 2.58. The molecule has 2 N–H and O–H groups in total. The summed E-state index contributed by atoms with van der Waals surface area (Å²) in [5.41, 5.74) is 0. The summed E-state index contributed by atoms with van der Waals surface area (Å²) in [6, 6.07) is -0.393. The first-order valence-electron chi connectivity index (χ1n) is 9.28. The largest absolute Gasteiger partial charge is 0.480 e. The molecule has 27 heavy (non-hydrogen) atoms. The Morgan fingerprint density at radius 1 is 1.30 bits per heavy atom. The Morgan fingerprint density at radius 2 is 2.00 bits per heavy atom. The molecule has 0 aromatic carbocycles. The first-order valence-corrected chi connectivity index (χ1v) is 9.28. The van der Waals surface area contributed by atoms with Gasteiger partial charge >= 0.3 is 18.2 Å². The van der Waals surface area contributed by atoms with Crippen LogP contribution in [0.2, 0.25) is 0 Å². The zero-order chi connectivity index (χ0) is 20.0. The van der Waals surface area contributed by atoms with Crippen molar-refractivity contribution >= 4 is 12.0 Å². The van der Waals surface area contributed by atoms with Crippen LogP contribution >= 0.6 is 0 Å². The maximum Gasteiger partial charge on any atom is 0.392 e. The number of carboxylic acids is 1. The number of urea groups is 1. The molecular formula is C17H28F3N3O4. The van der Waals surface area contributed by atoms with Crippen molar-refractivity contribution in [2.45, 2.75) is 38.0 Å². The molecule has 0 bridgehead atoms. The molecule has 7 nitrogen and oxygen atoms in total. The maximum atomic E-state index is 13.1. The smallest absolute Gasteiger partial charge is 0.392 e. The summed E-state index contributed by atoms with van der Waals surface area (Å²) in [5.74, 6) is -2.88. The van der Waals surface area contributed by atoms with Crippen molar-refractivity contribution in [1.82, 2.24) is 15.1 Å². The maximum absolute atomic E-state index is 13.1. The molecule has 2 rings (SSSR count). The molecule has 1 aliphatic carbocycles. The van der Waals surface area contributed by atoms with Crippen molar-refractivity contribution in [2.75, 3.05) is 46.4 Å². The molecule has 0 spiro atoms. The van der Waals surface area contributed by atoms with Crippen LogP contribution < -0.4 is 5.32 Å². The van der Waals surface area contributed by atoms with Crippen molar-refractivity contribution in [3.8, 4) is 0 Å². The Morgan fingerprint density at radius 3 is 2.67 bits per heavy atom. The second-order valence-electron chi connectivity index (χ2n) is 7.41. The normalized spacial score (nSPS) is 26.9. The number of hydrogen-bond acceptors (Lipinski definition) is 4. The van der Waals surface area contributed by atoms with Crippen molar-refractivity contribution in [1.29, 1.82) is 0 Å². The third-order valence-electron chi connectivity index (χ3n) is 5.19. The van der Waals surface area contributed by atoms with Crippen LogP contribution in [-0.2, 0) is 9.53 Å². The van der Waals surface area contributed by atoms with E-state index in [4.69, 9.17) is 9.84 Å². The van der Waals surface area contributed by atoms with E-state index in [1.54, 1.807) is 11.9 Å². The molecule has 1 saturated heterocycles. The number of halogens is 3. The van der Waals surface area contributed by atoms with Gasteiger partial charge in [-0.05, 0) is 25.8 Å². The third kappa shape index (κ3) is 6.84. The Kier molecular flexibility index (Phi) is 7.72. The van der Waals surface area contributed by atoms with E-state index in [2.05, 4.69) is 5.32 Å². The Hall–Kier alpha value is -1.55. The van der Waals surface area contributed by atoms with Crippen molar-refractivity contribution in [2.24, 2.45) is 11.8 Å². The Labute approximate surface area is 156 Å². The van der Waals surface area contributed by atoms with Gasteiger partial charge in [0.05, 0.1) is 25.2 Å². The number of nitrogens with zero attached hydrogens (tertiary/aromatic N) is 2. The highest BCUT2D eigenvalue weighted by molar-refractivity contribution is 5.74. The summed E-state index contributed by atoms with van der Waals surface area (Å²) < 4.78 is 45.0. The minimum Gasteiger partial charge on any atom is -0.480 e. The molecule has 2 amide bonds. The highest BCUT2D eigenvalue weighted by Crippen LogP contribution is 2.41. The Balaban J connectivity index is 1.81. The molecule has 1 unspecified atom stereocenters. The van der Waals surface area contributed by atoms with Gasteiger partial charge in [0.2, 0.25) is 0 Å². The van der Waals surface area contributed by atoms with E-state index in [1.165, 1.54) is 4.90 Å². The average molecular weight is 395 g/mol. The lowest BCUT2D eigenvalue weighted by atomic mass is 9.79. The van der Waals surface area contributed by atoms with E-state index >= 15 is 0 Å². The number of morpholine rings is 1. The van der Waals surface area contributed by atoms with Crippen molar-refractivity contribution < 1.29 is 32.6 Å². The van der Waals surface area contributed by atoms with Crippen LogP contribution in [0.3, 0.4) is 0 Å². The zero-order valence-corrected chi connectivity index (χ0v) is 15.5. The summed E-state index contributed by atoms with van der Waals surface area (Å²) in [6.45, 7) is 1.19. The summed E-state index contributed by atoms with van der Waals surface area (Å²) in [4.78, 5) is 26.2. The predicted octanol–water partition coefficient (Wildman–Crippen LogP) is 1.78. The molecule has 0 aromatic heterocycles. The van der Waals surface area contributed by atoms with Gasteiger partial charge in [0.15, 0.2) is 0 Å². The van der Waals surface area contributed by atoms with Crippen molar-refractivity contribution in [3.05, 3.63) is 0 Å². The second-order valence-corrected chi connectivity index (χ2v) is 7.41. The minimum absolute atomic E-state index is 0.0178. The van der Waals surface area contributed by atoms with Crippen LogP contribution in [0.4, 0.5) is 18.0 Å². The van der Waals surface area contributed by atoms with E-state index in [1.807, 2.05) is 0 Å². The third-order valence-corrected chi connectivity index (χ3v) is 5.19. The standard InChI is InChI=1S/C17H28F3N3O4/c1-22(11-15(24)25)9-13-10-23(6-7-27-13)16(26)21-8-12-4-2-3-5-14(12)17(18,19)20/h12-14H,2-11H2,1H3,(H,21,26)(H,24,25)/t12-,13?,14-/m1/s1. The summed E-state index contributed by atoms with van der Waals surface area (Å²) in [6.07, 6.45) is -2.64. The summed E-state index contributed by atoms with van der Waals surface area (Å²) in [7, 11) is 1.65. The minimum atomic E-state index is -4.23. The zero-order valence-electron chi connectivity index (χ0n) is 15.5. The SMILES string of the molecule is CN(CC(=O)O)CC1CN(C(=O)NC[C@H]2CCCC[C@H]2C(F)(F)F)CCO1. The first kappa shape index (κ1) is 21.7. The fraction of sp³-hybridized carbons (Fsp3) is 0.882. The number of amides is 2. The Bertz CT molecular complexity index is 518. The van der Waals surface area contributed by atoms with Crippen LogP contribution in [0, 0.1) is 11.8 Å². The van der Waals surface area contributed by atoms with Gasteiger partial charge in [0.25, 0.3) is 0 Å². The molecule has 0 radical (unpaired) electrons. The van der Waals surface area contributed by atoms with Crippen LogP contribution in [0.5, 0.6) is 0 Å². The molecule has 3 atom stereocenters. The molecule has 0 aromatic rings. The molecule has 2 aliphatic rings. The molecule has 10 heteroatoms. The topological polar surface area (TPSA) is 82.1 Å². The molecule has 2 fully saturated rings. The molecule has 1 aliphatic heterocycles. The van der Waals surface area contributed by atoms with E-state index in [-0.39, 0.29) is 32.2 Å². The van der Waals surface area contributed by atoms with Gasteiger partial charge in [-0.25, -0.2) is 4.79 Å². The van der Waals surface area contributed by atoms with Gasteiger partial charge in [0.1, 0.15) is 0 Å². The first-order chi connectivity index (χ1) is 12.7. The monoisotopic (exact) mass is 395 g/mol. The highest BCUT2D eigenvalue weighted by Gasteiger charge is 2.45. The number of hydrogen-bond donors (Lipinski definition) is 2. The van der Waals surface area contributed by atoms with E-state index in [0.29, 0.717) is 32.5 Å². The lowest BCUT2D eigenvalue weighted by molar-refractivity contribution is -0.195. The number of alkyl halides is 3.